The van der Waals surface area contributed by atoms with Crippen LogP contribution in [0.3, 0.4) is 0 Å². The molecule has 0 aliphatic heterocycles. The molecule has 0 aromatic carbocycles. The van der Waals surface area contributed by atoms with E-state index in [9.17, 15) is 14.7 Å². The van der Waals surface area contributed by atoms with Crippen molar-refractivity contribution >= 4 is 11.8 Å². The third-order valence-corrected chi connectivity index (χ3v) is 3.76. The van der Waals surface area contributed by atoms with Gasteiger partial charge in [0.15, 0.2) is 0 Å². The lowest BCUT2D eigenvalue weighted by molar-refractivity contribution is -0.125. The first-order valence-corrected chi connectivity index (χ1v) is 8.85. The number of nitrogens with one attached hydrogen (secondary N) is 2. The highest BCUT2D eigenvalue weighted by molar-refractivity contribution is 5.81. The SMILES string of the molecule is CCCC.CCNC(=O)CN(C)CC(=O)NC1CCC(O)CC1. The van der Waals surface area contributed by atoms with Gasteiger partial charge in [-0.15, -0.1) is 0 Å². The molecule has 0 heterocycles. The highest BCUT2D eigenvalue weighted by atomic mass is 16.3. The Morgan fingerprint density at radius 2 is 1.52 bits per heavy atom. The highest BCUT2D eigenvalue weighted by Crippen LogP contribution is 2.18. The number of unbranched alkanes of at least 4 members (excludes halogenated alkanes) is 1. The van der Waals surface area contributed by atoms with Gasteiger partial charge in [0.05, 0.1) is 19.2 Å². The molecule has 6 heteroatoms. The largest absolute Gasteiger partial charge is 0.393 e. The molecular formula is C17H35N3O3. The van der Waals surface area contributed by atoms with Crippen LogP contribution in [0.15, 0.2) is 0 Å². The summed E-state index contributed by atoms with van der Waals surface area (Å²) in [7, 11) is 1.75. The van der Waals surface area contributed by atoms with Crippen molar-refractivity contribution < 1.29 is 14.7 Å². The molecule has 0 aromatic heterocycles. The zero-order valence-electron chi connectivity index (χ0n) is 15.2. The van der Waals surface area contributed by atoms with Crippen molar-refractivity contribution in [2.24, 2.45) is 0 Å². The minimum absolute atomic E-state index is 0.0619. The van der Waals surface area contributed by atoms with Gasteiger partial charge in [0.2, 0.25) is 11.8 Å². The second-order valence-electron chi connectivity index (χ2n) is 6.20. The molecule has 1 aliphatic carbocycles. The molecule has 1 fully saturated rings. The van der Waals surface area contributed by atoms with E-state index in [0.29, 0.717) is 6.54 Å². The average Bonchev–Trinajstić information content (AvgIpc) is 2.49. The number of nitrogens with zero attached hydrogens (tertiary/aromatic N) is 1. The highest BCUT2D eigenvalue weighted by Gasteiger charge is 2.21. The molecule has 0 bridgehead atoms. The Morgan fingerprint density at radius 3 is 2.00 bits per heavy atom. The molecule has 23 heavy (non-hydrogen) atoms. The van der Waals surface area contributed by atoms with Gasteiger partial charge >= 0.3 is 0 Å². The van der Waals surface area contributed by atoms with E-state index in [1.165, 1.54) is 12.8 Å². The van der Waals surface area contributed by atoms with Crippen LogP contribution in [0.5, 0.6) is 0 Å². The summed E-state index contributed by atoms with van der Waals surface area (Å²) in [5, 5.41) is 15.0. The molecule has 1 saturated carbocycles. The molecule has 0 aromatic rings. The van der Waals surface area contributed by atoms with Crippen LogP contribution in [-0.2, 0) is 9.59 Å². The molecule has 1 rings (SSSR count). The average molecular weight is 329 g/mol. The van der Waals surface area contributed by atoms with Crippen LogP contribution in [0.25, 0.3) is 0 Å². The van der Waals surface area contributed by atoms with Crippen molar-refractivity contribution in [3.8, 4) is 0 Å². The predicted octanol–water partition coefficient (Wildman–Crippen LogP) is 1.28. The zero-order valence-corrected chi connectivity index (χ0v) is 15.2. The number of carbonyl (C=O) groups excluding carboxylic acids is 2. The second-order valence-corrected chi connectivity index (χ2v) is 6.20. The van der Waals surface area contributed by atoms with Crippen molar-refractivity contribution in [2.75, 3.05) is 26.7 Å². The summed E-state index contributed by atoms with van der Waals surface area (Å²) >= 11 is 0. The molecule has 6 nitrogen and oxygen atoms in total. The van der Waals surface area contributed by atoms with E-state index in [2.05, 4.69) is 24.5 Å². The molecule has 3 N–H and O–H groups in total. The van der Waals surface area contributed by atoms with Crippen molar-refractivity contribution in [1.29, 1.82) is 0 Å². The first-order valence-electron chi connectivity index (χ1n) is 8.85. The maximum atomic E-state index is 11.8. The Labute approximate surface area is 141 Å². The molecule has 0 unspecified atom stereocenters. The van der Waals surface area contributed by atoms with Crippen LogP contribution >= 0.6 is 0 Å². The number of hydrogen-bond donors (Lipinski definition) is 3. The lowest BCUT2D eigenvalue weighted by Crippen LogP contribution is -2.45. The first-order chi connectivity index (χ1) is 10.9. The number of hydrogen-bond acceptors (Lipinski definition) is 4. The van der Waals surface area contributed by atoms with E-state index < -0.39 is 0 Å². The minimum Gasteiger partial charge on any atom is -0.393 e. The Bertz CT molecular complexity index is 327. The fourth-order valence-corrected chi connectivity index (χ4v) is 2.29. The molecule has 0 radical (unpaired) electrons. The number of rotatable bonds is 7. The third kappa shape index (κ3) is 12.0. The molecule has 0 spiro atoms. The Hall–Kier alpha value is -1.14. The number of likely N-dealkylation sites (N-methyl/N-ethyl adjacent to an activating group) is 2. The van der Waals surface area contributed by atoms with E-state index in [0.717, 1.165) is 25.7 Å². The van der Waals surface area contributed by atoms with Gasteiger partial charge in [-0.1, -0.05) is 26.7 Å². The fraction of sp³-hybridized carbons (Fsp3) is 0.882. The summed E-state index contributed by atoms with van der Waals surface area (Å²) in [6.07, 6.45) is 5.58. The van der Waals surface area contributed by atoms with Gasteiger partial charge in [0.1, 0.15) is 0 Å². The summed E-state index contributed by atoms with van der Waals surface area (Å²) in [6, 6.07) is 0.161. The quantitative estimate of drug-likeness (QED) is 0.657. The van der Waals surface area contributed by atoms with E-state index in [1.54, 1.807) is 11.9 Å². The Kier molecular flexibility index (Phi) is 12.7. The lowest BCUT2D eigenvalue weighted by Gasteiger charge is -2.27. The van der Waals surface area contributed by atoms with Gasteiger partial charge in [-0.05, 0) is 39.7 Å². The van der Waals surface area contributed by atoms with E-state index in [-0.39, 0.29) is 37.0 Å². The van der Waals surface area contributed by atoms with E-state index in [4.69, 9.17) is 0 Å². The summed E-state index contributed by atoms with van der Waals surface area (Å²) in [4.78, 5) is 24.8. The van der Waals surface area contributed by atoms with Gasteiger partial charge in [0.25, 0.3) is 0 Å². The monoisotopic (exact) mass is 329 g/mol. The molecule has 136 valence electrons. The normalized spacial score (nSPS) is 20.4. The third-order valence-electron chi connectivity index (χ3n) is 3.76. The topological polar surface area (TPSA) is 81.7 Å². The minimum atomic E-state index is -0.214. The van der Waals surface area contributed by atoms with Crippen LogP contribution in [0.4, 0.5) is 0 Å². The van der Waals surface area contributed by atoms with Gasteiger partial charge in [-0.25, -0.2) is 0 Å². The van der Waals surface area contributed by atoms with Crippen LogP contribution in [0.2, 0.25) is 0 Å². The summed E-state index contributed by atoms with van der Waals surface area (Å²) < 4.78 is 0. The van der Waals surface area contributed by atoms with Crippen molar-refractivity contribution in [2.45, 2.75) is 71.4 Å². The molecule has 0 atom stereocenters. The Morgan fingerprint density at radius 1 is 1.00 bits per heavy atom. The van der Waals surface area contributed by atoms with Crippen molar-refractivity contribution in [3.05, 3.63) is 0 Å². The first kappa shape index (κ1) is 21.9. The summed E-state index contributed by atoms with van der Waals surface area (Å²) in [5.74, 6) is -0.133. The number of amides is 2. The van der Waals surface area contributed by atoms with Gasteiger partial charge in [-0.2, -0.15) is 0 Å². The number of carbonyl (C=O) groups is 2. The van der Waals surface area contributed by atoms with Crippen LogP contribution in [0.1, 0.15) is 59.3 Å². The maximum absolute atomic E-state index is 11.8. The zero-order chi connectivity index (χ0) is 17.7. The van der Waals surface area contributed by atoms with Crippen molar-refractivity contribution in [1.82, 2.24) is 15.5 Å². The Balaban J connectivity index is 0.00000108. The smallest absolute Gasteiger partial charge is 0.234 e. The second kappa shape index (κ2) is 13.3. The molecule has 2 amide bonds. The molecular weight excluding hydrogens is 294 g/mol. The fourth-order valence-electron chi connectivity index (χ4n) is 2.29. The van der Waals surface area contributed by atoms with Crippen LogP contribution < -0.4 is 10.6 Å². The van der Waals surface area contributed by atoms with E-state index in [1.807, 2.05) is 6.92 Å². The predicted molar refractivity (Wildman–Crippen MR) is 93.2 cm³/mol. The number of aliphatic hydroxyl groups is 1. The molecule has 1 aliphatic rings. The van der Waals surface area contributed by atoms with Gasteiger partial charge in [0, 0.05) is 12.6 Å². The lowest BCUT2D eigenvalue weighted by atomic mass is 9.93. The number of aliphatic hydroxyl groups excluding tert-OH is 1. The van der Waals surface area contributed by atoms with Crippen LogP contribution in [0, 0.1) is 0 Å². The summed E-state index contributed by atoms with van der Waals surface area (Å²) in [5.41, 5.74) is 0. The van der Waals surface area contributed by atoms with Gasteiger partial charge in [-0.3, -0.25) is 14.5 Å². The molecule has 0 saturated heterocycles. The van der Waals surface area contributed by atoms with Crippen LogP contribution in [-0.4, -0.2) is 60.6 Å². The van der Waals surface area contributed by atoms with E-state index >= 15 is 0 Å². The van der Waals surface area contributed by atoms with Gasteiger partial charge < -0.3 is 15.7 Å². The summed E-state index contributed by atoms with van der Waals surface area (Å²) in [6.45, 7) is 7.27. The standard InChI is InChI=1S/C13H25N3O3.C4H10/c1-3-14-12(18)8-16(2)9-13(19)15-10-4-6-11(17)7-5-10;1-3-4-2/h10-11,17H,3-9H2,1-2H3,(H,14,18)(H,15,19);3-4H2,1-2H3. The maximum Gasteiger partial charge on any atom is 0.234 e. The van der Waals surface area contributed by atoms with Crippen molar-refractivity contribution in [3.63, 3.8) is 0 Å².